The molecule has 8 heteroatoms. The van der Waals surface area contributed by atoms with Gasteiger partial charge in [-0.25, -0.2) is 15.0 Å². The number of nitrogens with two attached hydrogens (primary N) is 1. The van der Waals surface area contributed by atoms with Crippen molar-refractivity contribution in [2.24, 2.45) is 0 Å². The molecule has 0 atom stereocenters. The number of nitrogen functional groups attached to an aromatic ring is 1. The number of rotatable bonds is 2. The summed E-state index contributed by atoms with van der Waals surface area (Å²) in [5, 5.41) is 0.754. The molecule has 0 amide bonds. The minimum absolute atomic E-state index is 0.372. The van der Waals surface area contributed by atoms with Crippen LogP contribution in [0.5, 0.6) is 0 Å². The van der Waals surface area contributed by atoms with E-state index < -0.39 is 11.7 Å². The Hall–Kier alpha value is -1.83. The summed E-state index contributed by atoms with van der Waals surface area (Å²) >= 11 is 1.06. The summed E-state index contributed by atoms with van der Waals surface area (Å²) in [6.07, 6.45) is -0.771. The summed E-state index contributed by atoms with van der Waals surface area (Å²) < 4.78 is 36.9. The zero-order valence-corrected chi connectivity index (χ0v) is 9.66. The first-order chi connectivity index (χ1) is 8.45. The SMILES string of the molecule is Nc1cnc(Sc2ccc(C(F)(F)F)cn2)nc1. The van der Waals surface area contributed by atoms with Crippen LogP contribution in [0.15, 0.2) is 40.9 Å². The van der Waals surface area contributed by atoms with Crippen LogP contribution in [0.25, 0.3) is 0 Å². The van der Waals surface area contributed by atoms with Crippen molar-refractivity contribution in [3.63, 3.8) is 0 Å². The standard InChI is InChI=1S/C10H7F3N4S/c11-10(12,13)6-1-2-8(15-3-6)18-9-16-4-7(14)5-17-9/h1-5H,14H2. The molecule has 0 unspecified atom stereocenters. The summed E-state index contributed by atoms with van der Waals surface area (Å²) in [5.74, 6) is 0. The molecule has 94 valence electrons. The number of anilines is 1. The first-order valence-corrected chi connectivity index (χ1v) is 5.55. The Morgan fingerprint density at radius 2 is 1.67 bits per heavy atom. The zero-order chi connectivity index (χ0) is 13.2. The highest BCUT2D eigenvalue weighted by Crippen LogP contribution is 2.30. The molecule has 0 saturated heterocycles. The predicted octanol–water partition coefficient (Wildman–Crippen LogP) is 2.62. The number of pyridine rings is 1. The summed E-state index contributed by atoms with van der Waals surface area (Å²) in [6.45, 7) is 0. The second-order valence-corrected chi connectivity index (χ2v) is 4.27. The minimum Gasteiger partial charge on any atom is -0.396 e. The molecule has 4 nitrogen and oxygen atoms in total. The Morgan fingerprint density at radius 1 is 1.00 bits per heavy atom. The van der Waals surface area contributed by atoms with Crippen LogP contribution in [0.2, 0.25) is 0 Å². The second-order valence-electron chi connectivity index (χ2n) is 3.28. The molecule has 2 heterocycles. The second kappa shape index (κ2) is 4.81. The minimum atomic E-state index is -4.38. The molecule has 18 heavy (non-hydrogen) atoms. The Morgan fingerprint density at radius 3 is 2.17 bits per heavy atom. The largest absolute Gasteiger partial charge is 0.417 e. The maximum Gasteiger partial charge on any atom is 0.417 e. The van der Waals surface area contributed by atoms with Crippen LogP contribution in [-0.4, -0.2) is 15.0 Å². The molecule has 2 aromatic heterocycles. The summed E-state index contributed by atoms with van der Waals surface area (Å²) in [6, 6.07) is 2.24. The van der Waals surface area contributed by atoms with Crippen molar-refractivity contribution >= 4 is 17.4 Å². The van der Waals surface area contributed by atoms with E-state index in [0.29, 0.717) is 15.9 Å². The topological polar surface area (TPSA) is 64.7 Å². The van der Waals surface area contributed by atoms with Crippen LogP contribution in [0.1, 0.15) is 5.56 Å². The van der Waals surface area contributed by atoms with Crippen LogP contribution in [0, 0.1) is 0 Å². The third-order valence-electron chi connectivity index (χ3n) is 1.91. The van der Waals surface area contributed by atoms with Gasteiger partial charge in [-0.05, 0) is 23.9 Å². The molecular formula is C10H7F3N4S. The van der Waals surface area contributed by atoms with Gasteiger partial charge in [-0.2, -0.15) is 13.2 Å². The highest BCUT2D eigenvalue weighted by molar-refractivity contribution is 7.99. The fourth-order valence-electron chi connectivity index (χ4n) is 1.08. The van der Waals surface area contributed by atoms with Crippen LogP contribution < -0.4 is 5.73 Å². The van der Waals surface area contributed by atoms with E-state index in [1.54, 1.807) is 0 Å². The van der Waals surface area contributed by atoms with Crippen LogP contribution in [0.4, 0.5) is 18.9 Å². The molecule has 0 aromatic carbocycles. The average molecular weight is 272 g/mol. The number of alkyl halides is 3. The molecule has 0 aliphatic heterocycles. The fraction of sp³-hybridized carbons (Fsp3) is 0.100. The van der Waals surface area contributed by atoms with Gasteiger partial charge >= 0.3 is 6.18 Å². The maximum absolute atomic E-state index is 12.3. The van der Waals surface area contributed by atoms with E-state index in [2.05, 4.69) is 15.0 Å². The Kier molecular flexibility index (Phi) is 3.37. The first-order valence-electron chi connectivity index (χ1n) is 4.74. The van der Waals surface area contributed by atoms with Crippen molar-refractivity contribution in [3.8, 4) is 0 Å². The van der Waals surface area contributed by atoms with Crippen LogP contribution in [0.3, 0.4) is 0 Å². The molecule has 0 aliphatic rings. The predicted molar refractivity (Wildman–Crippen MR) is 59.8 cm³/mol. The zero-order valence-electron chi connectivity index (χ0n) is 8.85. The number of hydrogen-bond acceptors (Lipinski definition) is 5. The molecule has 2 aromatic rings. The molecule has 0 spiro atoms. The molecule has 2 rings (SSSR count). The van der Waals surface area contributed by atoms with Gasteiger partial charge in [-0.15, -0.1) is 0 Å². The lowest BCUT2D eigenvalue weighted by Gasteiger charge is -2.06. The molecule has 0 fully saturated rings. The number of hydrogen-bond donors (Lipinski definition) is 1. The lowest BCUT2D eigenvalue weighted by Crippen LogP contribution is -2.05. The van der Waals surface area contributed by atoms with E-state index in [1.165, 1.54) is 18.5 Å². The van der Waals surface area contributed by atoms with Crippen molar-refractivity contribution in [2.75, 3.05) is 5.73 Å². The van der Waals surface area contributed by atoms with E-state index in [-0.39, 0.29) is 0 Å². The molecule has 2 N–H and O–H groups in total. The number of aromatic nitrogens is 3. The van der Waals surface area contributed by atoms with Crippen LogP contribution >= 0.6 is 11.8 Å². The van der Waals surface area contributed by atoms with Gasteiger partial charge in [0.25, 0.3) is 0 Å². The van der Waals surface area contributed by atoms with E-state index in [4.69, 9.17) is 5.73 Å². The van der Waals surface area contributed by atoms with Gasteiger partial charge in [0.15, 0.2) is 5.16 Å². The van der Waals surface area contributed by atoms with Gasteiger partial charge in [0.1, 0.15) is 5.03 Å². The highest BCUT2D eigenvalue weighted by atomic mass is 32.2. The van der Waals surface area contributed by atoms with Crippen molar-refractivity contribution < 1.29 is 13.2 Å². The Labute approximate surface area is 104 Å². The van der Waals surface area contributed by atoms with Crippen molar-refractivity contribution in [1.29, 1.82) is 0 Å². The normalized spacial score (nSPS) is 11.5. The Bertz CT molecular complexity index is 524. The number of halogens is 3. The third-order valence-corrected chi connectivity index (χ3v) is 2.75. The van der Waals surface area contributed by atoms with E-state index in [0.717, 1.165) is 24.0 Å². The summed E-state index contributed by atoms with van der Waals surface area (Å²) in [4.78, 5) is 11.5. The summed E-state index contributed by atoms with van der Waals surface area (Å²) in [5.41, 5.74) is 5.04. The quantitative estimate of drug-likeness (QED) is 0.851. The molecule has 0 bridgehead atoms. The Balaban J connectivity index is 2.13. The number of nitrogens with zero attached hydrogens (tertiary/aromatic N) is 3. The van der Waals surface area contributed by atoms with Gasteiger partial charge in [-0.3, -0.25) is 0 Å². The third kappa shape index (κ3) is 3.10. The average Bonchev–Trinajstić information content (AvgIpc) is 2.32. The van der Waals surface area contributed by atoms with Crippen LogP contribution in [-0.2, 0) is 6.18 Å². The highest BCUT2D eigenvalue weighted by Gasteiger charge is 2.30. The van der Waals surface area contributed by atoms with Crippen molar-refractivity contribution in [1.82, 2.24) is 15.0 Å². The van der Waals surface area contributed by atoms with E-state index in [9.17, 15) is 13.2 Å². The molecule has 0 radical (unpaired) electrons. The van der Waals surface area contributed by atoms with Gasteiger partial charge < -0.3 is 5.73 Å². The van der Waals surface area contributed by atoms with E-state index >= 15 is 0 Å². The lowest BCUT2D eigenvalue weighted by molar-refractivity contribution is -0.137. The maximum atomic E-state index is 12.3. The van der Waals surface area contributed by atoms with Crippen molar-refractivity contribution in [3.05, 3.63) is 36.3 Å². The fourth-order valence-corrected chi connectivity index (χ4v) is 1.72. The smallest absolute Gasteiger partial charge is 0.396 e. The van der Waals surface area contributed by atoms with E-state index in [1.807, 2.05) is 0 Å². The lowest BCUT2D eigenvalue weighted by atomic mass is 10.3. The molecule has 0 aliphatic carbocycles. The van der Waals surface area contributed by atoms with Gasteiger partial charge in [0.05, 0.1) is 23.6 Å². The molecular weight excluding hydrogens is 265 g/mol. The monoisotopic (exact) mass is 272 g/mol. The van der Waals surface area contributed by atoms with Gasteiger partial charge in [-0.1, -0.05) is 0 Å². The summed E-state index contributed by atoms with van der Waals surface area (Å²) in [7, 11) is 0. The van der Waals surface area contributed by atoms with Gasteiger partial charge in [0, 0.05) is 6.20 Å². The first kappa shape index (κ1) is 12.6. The van der Waals surface area contributed by atoms with Gasteiger partial charge in [0.2, 0.25) is 0 Å². The van der Waals surface area contributed by atoms with Crippen molar-refractivity contribution in [2.45, 2.75) is 16.4 Å². The molecule has 0 saturated carbocycles.